The number of nitrogens with zero attached hydrogens (tertiary/aromatic N) is 3. The summed E-state index contributed by atoms with van der Waals surface area (Å²) < 4.78 is 0. The fourth-order valence-electron chi connectivity index (χ4n) is 2.23. The minimum atomic E-state index is -0.0322. The highest BCUT2D eigenvalue weighted by molar-refractivity contribution is 5.35. The number of aryl methyl sites for hydroxylation is 1. The van der Waals surface area contributed by atoms with Crippen molar-refractivity contribution in [2.45, 2.75) is 38.8 Å². The molecule has 17 heavy (non-hydrogen) atoms. The third kappa shape index (κ3) is 2.56. The Kier molecular flexibility index (Phi) is 3.91. The highest BCUT2D eigenvalue weighted by Gasteiger charge is 2.24. The van der Waals surface area contributed by atoms with Gasteiger partial charge in [-0.15, -0.1) is 0 Å². The van der Waals surface area contributed by atoms with Gasteiger partial charge >= 0.3 is 0 Å². The van der Waals surface area contributed by atoms with Crippen molar-refractivity contribution in [2.75, 3.05) is 18.1 Å². The van der Waals surface area contributed by atoms with Crippen LogP contribution in [0.1, 0.15) is 30.5 Å². The Morgan fingerprint density at radius 2 is 2.24 bits per heavy atom. The number of aliphatic hydroxyl groups is 2. The maximum Gasteiger partial charge on any atom is 0.225 e. The van der Waals surface area contributed by atoms with E-state index in [-0.39, 0.29) is 19.3 Å². The third-order valence-corrected chi connectivity index (χ3v) is 3.33. The van der Waals surface area contributed by atoms with Crippen molar-refractivity contribution in [3.63, 3.8) is 0 Å². The largest absolute Gasteiger partial charge is 0.394 e. The van der Waals surface area contributed by atoms with Crippen LogP contribution in [0.2, 0.25) is 0 Å². The van der Waals surface area contributed by atoms with Crippen molar-refractivity contribution in [2.24, 2.45) is 0 Å². The first-order chi connectivity index (χ1) is 8.26. The summed E-state index contributed by atoms with van der Waals surface area (Å²) in [4.78, 5) is 10.8. The van der Waals surface area contributed by atoms with E-state index in [2.05, 4.69) is 14.9 Å². The zero-order chi connectivity index (χ0) is 12.3. The Labute approximate surface area is 101 Å². The summed E-state index contributed by atoms with van der Waals surface area (Å²) in [6, 6.07) is 0.128. The van der Waals surface area contributed by atoms with E-state index in [1.807, 2.05) is 6.92 Å². The number of piperidine rings is 1. The molecule has 2 N–H and O–H groups in total. The standard InChI is InChI=1S/C12H19N3O2/c1-9-10(7-16)6-13-12(14-9)15-5-3-2-4-11(15)8-17/h6,11,16-17H,2-5,7-8H2,1H3. The predicted molar refractivity (Wildman–Crippen MR) is 64.8 cm³/mol. The summed E-state index contributed by atoms with van der Waals surface area (Å²) in [7, 11) is 0. The molecule has 1 unspecified atom stereocenters. The average molecular weight is 237 g/mol. The quantitative estimate of drug-likeness (QED) is 0.807. The van der Waals surface area contributed by atoms with E-state index < -0.39 is 0 Å². The molecule has 2 heterocycles. The van der Waals surface area contributed by atoms with Crippen molar-refractivity contribution in [3.05, 3.63) is 17.5 Å². The smallest absolute Gasteiger partial charge is 0.225 e. The summed E-state index contributed by atoms with van der Waals surface area (Å²) in [6.07, 6.45) is 4.91. The molecule has 1 aromatic rings. The number of anilines is 1. The van der Waals surface area contributed by atoms with Crippen LogP contribution in [-0.2, 0) is 6.61 Å². The molecule has 1 saturated heterocycles. The second-order valence-corrected chi connectivity index (χ2v) is 4.46. The average Bonchev–Trinajstić information content (AvgIpc) is 2.38. The van der Waals surface area contributed by atoms with Crippen LogP contribution in [0.3, 0.4) is 0 Å². The second kappa shape index (κ2) is 5.42. The zero-order valence-corrected chi connectivity index (χ0v) is 10.1. The maximum absolute atomic E-state index is 9.36. The summed E-state index contributed by atoms with van der Waals surface area (Å²) in [6.45, 7) is 2.87. The van der Waals surface area contributed by atoms with Gasteiger partial charge in [-0.25, -0.2) is 9.97 Å². The van der Waals surface area contributed by atoms with E-state index >= 15 is 0 Å². The number of aliphatic hydroxyl groups excluding tert-OH is 2. The van der Waals surface area contributed by atoms with Crippen LogP contribution in [0.4, 0.5) is 5.95 Å². The second-order valence-electron chi connectivity index (χ2n) is 4.46. The Morgan fingerprint density at radius 1 is 1.41 bits per heavy atom. The van der Waals surface area contributed by atoms with Gasteiger partial charge in [-0.05, 0) is 26.2 Å². The van der Waals surface area contributed by atoms with Crippen LogP contribution in [0.25, 0.3) is 0 Å². The van der Waals surface area contributed by atoms with Crippen molar-refractivity contribution in [1.29, 1.82) is 0 Å². The molecule has 1 aliphatic rings. The molecule has 1 atom stereocenters. The Balaban J connectivity index is 2.23. The van der Waals surface area contributed by atoms with Gasteiger partial charge in [0, 0.05) is 24.0 Å². The van der Waals surface area contributed by atoms with Crippen molar-refractivity contribution < 1.29 is 10.2 Å². The fraction of sp³-hybridized carbons (Fsp3) is 0.667. The molecule has 2 rings (SSSR count). The van der Waals surface area contributed by atoms with Crippen molar-refractivity contribution >= 4 is 5.95 Å². The Hall–Kier alpha value is -1.20. The van der Waals surface area contributed by atoms with Gasteiger partial charge in [-0.1, -0.05) is 0 Å². The third-order valence-electron chi connectivity index (χ3n) is 3.33. The molecule has 1 aromatic heterocycles. The van der Waals surface area contributed by atoms with E-state index in [4.69, 9.17) is 5.11 Å². The van der Waals surface area contributed by atoms with E-state index in [9.17, 15) is 5.11 Å². The lowest BCUT2D eigenvalue weighted by Crippen LogP contribution is -2.43. The SMILES string of the molecule is Cc1nc(N2CCCCC2CO)ncc1CO. The molecule has 1 aliphatic heterocycles. The van der Waals surface area contributed by atoms with Gasteiger partial charge in [0.2, 0.25) is 5.95 Å². The van der Waals surface area contributed by atoms with E-state index in [1.165, 1.54) is 0 Å². The molecule has 0 aliphatic carbocycles. The van der Waals surface area contributed by atoms with E-state index in [1.54, 1.807) is 6.20 Å². The molecular formula is C12H19N3O2. The van der Waals surface area contributed by atoms with Gasteiger partial charge in [0.05, 0.1) is 19.3 Å². The highest BCUT2D eigenvalue weighted by Crippen LogP contribution is 2.22. The first-order valence-corrected chi connectivity index (χ1v) is 6.07. The Bertz CT molecular complexity index is 384. The van der Waals surface area contributed by atoms with Crippen LogP contribution < -0.4 is 4.90 Å². The Morgan fingerprint density at radius 3 is 2.88 bits per heavy atom. The van der Waals surface area contributed by atoms with Gasteiger partial charge in [0.15, 0.2) is 0 Å². The summed E-state index contributed by atoms with van der Waals surface area (Å²) in [5.41, 5.74) is 1.56. The molecule has 94 valence electrons. The van der Waals surface area contributed by atoms with E-state index in [0.717, 1.165) is 37.1 Å². The van der Waals surface area contributed by atoms with E-state index in [0.29, 0.717) is 5.95 Å². The van der Waals surface area contributed by atoms with Crippen LogP contribution >= 0.6 is 0 Å². The van der Waals surface area contributed by atoms with Crippen LogP contribution in [0.5, 0.6) is 0 Å². The van der Waals surface area contributed by atoms with Crippen LogP contribution in [0, 0.1) is 6.92 Å². The molecule has 5 heteroatoms. The lowest BCUT2D eigenvalue weighted by molar-refractivity contribution is 0.238. The summed E-state index contributed by atoms with van der Waals surface area (Å²) in [5, 5.41) is 18.4. The first-order valence-electron chi connectivity index (χ1n) is 6.07. The molecule has 1 fully saturated rings. The first kappa shape index (κ1) is 12.3. The topological polar surface area (TPSA) is 69.5 Å². The lowest BCUT2D eigenvalue weighted by atomic mass is 10.0. The lowest BCUT2D eigenvalue weighted by Gasteiger charge is -2.34. The molecule has 0 saturated carbocycles. The van der Waals surface area contributed by atoms with Crippen LogP contribution in [-0.4, -0.2) is 39.4 Å². The normalized spacial score (nSPS) is 20.6. The molecule has 0 bridgehead atoms. The van der Waals surface area contributed by atoms with Gasteiger partial charge in [-0.3, -0.25) is 0 Å². The molecule has 0 radical (unpaired) electrons. The predicted octanol–water partition coefficient (Wildman–Crippen LogP) is 0.629. The molecule has 0 amide bonds. The fourth-order valence-corrected chi connectivity index (χ4v) is 2.23. The number of aromatic nitrogens is 2. The maximum atomic E-state index is 9.36. The molecule has 0 aromatic carbocycles. The molecule has 5 nitrogen and oxygen atoms in total. The van der Waals surface area contributed by atoms with Gasteiger partial charge in [-0.2, -0.15) is 0 Å². The van der Waals surface area contributed by atoms with Crippen LogP contribution in [0.15, 0.2) is 6.20 Å². The van der Waals surface area contributed by atoms with Gasteiger partial charge in [0.25, 0.3) is 0 Å². The molecular weight excluding hydrogens is 218 g/mol. The summed E-state index contributed by atoms with van der Waals surface area (Å²) in [5.74, 6) is 0.665. The monoisotopic (exact) mass is 237 g/mol. The van der Waals surface area contributed by atoms with Gasteiger partial charge < -0.3 is 15.1 Å². The minimum Gasteiger partial charge on any atom is -0.394 e. The van der Waals surface area contributed by atoms with Crippen molar-refractivity contribution in [3.8, 4) is 0 Å². The number of hydrogen-bond donors (Lipinski definition) is 2. The molecule has 0 spiro atoms. The summed E-state index contributed by atoms with van der Waals surface area (Å²) >= 11 is 0. The number of rotatable bonds is 3. The van der Waals surface area contributed by atoms with Crippen molar-refractivity contribution in [1.82, 2.24) is 9.97 Å². The zero-order valence-electron chi connectivity index (χ0n) is 10.1. The number of hydrogen-bond acceptors (Lipinski definition) is 5. The van der Waals surface area contributed by atoms with Gasteiger partial charge in [0.1, 0.15) is 0 Å². The highest BCUT2D eigenvalue weighted by atomic mass is 16.3. The minimum absolute atomic E-state index is 0.0322.